The summed E-state index contributed by atoms with van der Waals surface area (Å²) in [5.41, 5.74) is 8.06. The van der Waals surface area contributed by atoms with Crippen LogP contribution in [0.3, 0.4) is 0 Å². The molecule has 19 heavy (non-hydrogen) atoms. The van der Waals surface area contributed by atoms with E-state index in [1.807, 2.05) is 24.3 Å². The monoisotopic (exact) mass is 256 g/mol. The van der Waals surface area contributed by atoms with Gasteiger partial charge in [-0.3, -0.25) is 4.79 Å². The SMILES string of the molecule is NC1(C(=O)Nc2ccc(-c3cnc[nH]3)cc2)CCC1. The van der Waals surface area contributed by atoms with E-state index in [4.69, 9.17) is 5.73 Å². The first-order chi connectivity index (χ1) is 9.17. The van der Waals surface area contributed by atoms with Crippen LogP contribution in [-0.2, 0) is 4.79 Å². The summed E-state index contributed by atoms with van der Waals surface area (Å²) in [5.74, 6) is -0.0898. The molecule has 0 spiro atoms. The van der Waals surface area contributed by atoms with Crippen molar-refractivity contribution in [2.75, 3.05) is 5.32 Å². The average molecular weight is 256 g/mol. The molecular weight excluding hydrogens is 240 g/mol. The second kappa shape index (κ2) is 4.51. The third kappa shape index (κ3) is 2.24. The molecule has 2 aromatic rings. The molecule has 1 aromatic heterocycles. The zero-order valence-electron chi connectivity index (χ0n) is 10.5. The lowest BCUT2D eigenvalue weighted by Crippen LogP contribution is -2.56. The smallest absolute Gasteiger partial charge is 0.244 e. The van der Waals surface area contributed by atoms with Gasteiger partial charge in [-0.15, -0.1) is 0 Å². The second-order valence-electron chi connectivity index (χ2n) is 5.01. The lowest BCUT2D eigenvalue weighted by Gasteiger charge is -2.36. The maximum Gasteiger partial charge on any atom is 0.244 e. The van der Waals surface area contributed by atoms with E-state index in [1.54, 1.807) is 12.5 Å². The molecule has 98 valence electrons. The van der Waals surface area contributed by atoms with Crippen molar-refractivity contribution >= 4 is 11.6 Å². The first-order valence-corrected chi connectivity index (χ1v) is 6.37. The van der Waals surface area contributed by atoms with Gasteiger partial charge in [0, 0.05) is 5.69 Å². The highest BCUT2D eigenvalue weighted by molar-refractivity contribution is 5.98. The quantitative estimate of drug-likeness (QED) is 0.784. The number of nitrogens with one attached hydrogen (secondary N) is 2. The third-order valence-electron chi connectivity index (χ3n) is 3.65. The molecule has 1 fully saturated rings. The van der Waals surface area contributed by atoms with Gasteiger partial charge in [0.1, 0.15) is 0 Å². The minimum Gasteiger partial charge on any atom is -0.345 e. The number of rotatable bonds is 3. The molecule has 3 rings (SSSR count). The fourth-order valence-electron chi connectivity index (χ4n) is 2.19. The molecule has 0 radical (unpaired) electrons. The Labute approximate surface area is 111 Å². The van der Waals surface area contributed by atoms with E-state index in [9.17, 15) is 4.79 Å². The highest BCUT2D eigenvalue weighted by atomic mass is 16.2. The number of aromatic amines is 1. The van der Waals surface area contributed by atoms with Gasteiger partial charge in [-0.25, -0.2) is 4.98 Å². The zero-order valence-corrected chi connectivity index (χ0v) is 10.5. The lowest BCUT2D eigenvalue weighted by atomic mass is 9.77. The maximum absolute atomic E-state index is 12.0. The van der Waals surface area contributed by atoms with Crippen molar-refractivity contribution < 1.29 is 4.79 Å². The molecule has 1 amide bonds. The van der Waals surface area contributed by atoms with E-state index < -0.39 is 5.54 Å². The van der Waals surface area contributed by atoms with Crippen LogP contribution >= 0.6 is 0 Å². The van der Waals surface area contributed by atoms with Crippen LogP contribution < -0.4 is 11.1 Å². The molecule has 0 bridgehead atoms. The summed E-state index contributed by atoms with van der Waals surface area (Å²) in [5, 5.41) is 2.87. The predicted octanol–water partition coefficient (Wildman–Crippen LogP) is 1.90. The van der Waals surface area contributed by atoms with Gasteiger partial charge in [0.05, 0.1) is 23.8 Å². The fraction of sp³-hybridized carbons (Fsp3) is 0.286. The van der Waals surface area contributed by atoms with Crippen molar-refractivity contribution in [3.8, 4) is 11.3 Å². The lowest BCUT2D eigenvalue weighted by molar-refractivity contribution is -0.123. The van der Waals surface area contributed by atoms with E-state index in [2.05, 4.69) is 15.3 Å². The molecule has 1 aromatic carbocycles. The zero-order chi connectivity index (χ0) is 13.3. The standard InChI is InChI=1S/C14H16N4O/c15-14(6-1-7-14)13(19)18-11-4-2-10(3-5-11)12-8-16-9-17-12/h2-5,8-9H,1,6-7,15H2,(H,16,17)(H,18,19). The second-order valence-corrected chi connectivity index (χ2v) is 5.01. The van der Waals surface area contributed by atoms with Gasteiger partial charge in [0.25, 0.3) is 0 Å². The Morgan fingerprint density at radius 3 is 2.58 bits per heavy atom. The van der Waals surface area contributed by atoms with E-state index in [-0.39, 0.29) is 5.91 Å². The summed E-state index contributed by atoms with van der Waals surface area (Å²) in [4.78, 5) is 19.0. The van der Waals surface area contributed by atoms with Crippen LogP contribution in [0.2, 0.25) is 0 Å². The first kappa shape index (κ1) is 11.9. The number of imidazole rings is 1. The van der Waals surface area contributed by atoms with Gasteiger partial charge in [0.2, 0.25) is 5.91 Å². The Kier molecular flexibility index (Phi) is 2.83. The summed E-state index contributed by atoms with van der Waals surface area (Å²) in [6.07, 6.45) is 5.97. The molecule has 1 saturated carbocycles. The Morgan fingerprint density at radius 1 is 1.32 bits per heavy atom. The van der Waals surface area contributed by atoms with E-state index >= 15 is 0 Å². The molecule has 4 N–H and O–H groups in total. The van der Waals surface area contributed by atoms with Crippen LogP contribution in [0.15, 0.2) is 36.8 Å². The van der Waals surface area contributed by atoms with E-state index in [1.165, 1.54) is 0 Å². The molecule has 5 heteroatoms. The summed E-state index contributed by atoms with van der Waals surface area (Å²) in [7, 11) is 0. The van der Waals surface area contributed by atoms with Crippen molar-refractivity contribution in [3.63, 3.8) is 0 Å². The van der Waals surface area contributed by atoms with Crippen molar-refractivity contribution in [1.29, 1.82) is 0 Å². The molecular formula is C14H16N4O. The number of anilines is 1. The largest absolute Gasteiger partial charge is 0.345 e. The molecule has 1 heterocycles. The molecule has 5 nitrogen and oxygen atoms in total. The number of carbonyl (C=O) groups excluding carboxylic acids is 1. The molecule has 0 aliphatic heterocycles. The number of hydrogen-bond donors (Lipinski definition) is 3. The van der Waals surface area contributed by atoms with Gasteiger partial charge in [-0.1, -0.05) is 12.1 Å². The normalized spacial score (nSPS) is 16.7. The Morgan fingerprint density at radius 2 is 2.05 bits per heavy atom. The van der Waals surface area contributed by atoms with Crippen molar-refractivity contribution in [2.24, 2.45) is 5.73 Å². The van der Waals surface area contributed by atoms with Gasteiger partial charge >= 0.3 is 0 Å². The van der Waals surface area contributed by atoms with Crippen LogP contribution in [0.4, 0.5) is 5.69 Å². The predicted molar refractivity (Wildman–Crippen MR) is 73.4 cm³/mol. The van der Waals surface area contributed by atoms with Crippen LogP contribution in [0.1, 0.15) is 19.3 Å². The van der Waals surface area contributed by atoms with Crippen LogP contribution in [0.25, 0.3) is 11.3 Å². The Bertz CT molecular complexity index is 570. The molecule has 0 unspecified atom stereocenters. The Balaban J connectivity index is 1.71. The first-order valence-electron chi connectivity index (χ1n) is 6.37. The third-order valence-corrected chi connectivity index (χ3v) is 3.65. The summed E-state index contributed by atoms with van der Waals surface area (Å²) < 4.78 is 0. The van der Waals surface area contributed by atoms with E-state index in [0.717, 1.165) is 36.2 Å². The number of H-pyrrole nitrogens is 1. The molecule has 1 aliphatic rings. The van der Waals surface area contributed by atoms with Gasteiger partial charge in [-0.05, 0) is 37.0 Å². The highest BCUT2D eigenvalue weighted by Crippen LogP contribution is 2.30. The maximum atomic E-state index is 12.0. The van der Waals surface area contributed by atoms with Crippen molar-refractivity contribution in [2.45, 2.75) is 24.8 Å². The number of carbonyl (C=O) groups is 1. The minimum absolute atomic E-state index is 0.0898. The highest BCUT2D eigenvalue weighted by Gasteiger charge is 2.40. The van der Waals surface area contributed by atoms with Gasteiger partial charge in [-0.2, -0.15) is 0 Å². The van der Waals surface area contributed by atoms with Crippen LogP contribution in [0, 0.1) is 0 Å². The summed E-state index contributed by atoms with van der Waals surface area (Å²) in [6, 6.07) is 7.62. The minimum atomic E-state index is -0.665. The molecule has 0 saturated heterocycles. The van der Waals surface area contributed by atoms with Gasteiger partial charge < -0.3 is 16.0 Å². The Hall–Kier alpha value is -2.14. The van der Waals surface area contributed by atoms with Gasteiger partial charge in [0.15, 0.2) is 0 Å². The number of amides is 1. The fourth-order valence-corrected chi connectivity index (χ4v) is 2.19. The number of hydrogen-bond acceptors (Lipinski definition) is 3. The number of nitrogens with zero attached hydrogens (tertiary/aromatic N) is 1. The van der Waals surface area contributed by atoms with Crippen LogP contribution in [-0.4, -0.2) is 21.4 Å². The molecule has 0 atom stereocenters. The van der Waals surface area contributed by atoms with Crippen molar-refractivity contribution in [3.05, 3.63) is 36.8 Å². The summed E-state index contributed by atoms with van der Waals surface area (Å²) >= 11 is 0. The van der Waals surface area contributed by atoms with Crippen molar-refractivity contribution in [1.82, 2.24) is 9.97 Å². The summed E-state index contributed by atoms with van der Waals surface area (Å²) in [6.45, 7) is 0. The number of nitrogens with two attached hydrogens (primary N) is 1. The number of benzene rings is 1. The topological polar surface area (TPSA) is 83.8 Å². The van der Waals surface area contributed by atoms with E-state index in [0.29, 0.717) is 0 Å². The average Bonchev–Trinajstić information content (AvgIpc) is 2.90. The molecule has 1 aliphatic carbocycles. The van der Waals surface area contributed by atoms with Crippen LogP contribution in [0.5, 0.6) is 0 Å². The number of aromatic nitrogens is 2.